The molecule has 1 N–H and O–H groups in total. The molecule has 1 fully saturated rings. The summed E-state index contributed by atoms with van der Waals surface area (Å²) in [5.41, 5.74) is 7.04. The highest BCUT2D eigenvalue weighted by molar-refractivity contribution is 6.15. The number of pyridine rings is 1. The molecule has 5 aromatic rings. The Morgan fingerprint density at radius 3 is 2.24 bits per heavy atom. The second-order valence-electron chi connectivity index (χ2n) is 10.2. The van der Waals surface area contributed by atoms with Gasteiger partial charge in [-0.1, -0.05) is 66.7 Å². The maximum absolute atomic E-state index is 12.6. The van der Waals surface area contributed by atoms with Crippen molar-refractivity contribution in [1.29, 1.82) is 10.5 Å². The molecule has 196 valence electrons. The zero-order valence-corrected chi connectivity index (χ0v) is 22.4. The lowest BCUT2D eigenvalue weighted by Crippen LogP contribution is -2.15. The lowest BCUT2D eigenvalue weighted by molar-refractivity contribution is -0.117. The largest absolute Gasteiger partial charge is 0.310 e. The Bertz CT molecular complexity index is 1860. The number of anilines is 1. The molecule has 1 aliphatic rings. The molecule has 0 saturated heterocycles. The smallest absolute Gasteiger partial charge is 0.230 e. The number of benzene rings is 4. The SMILES string of the molecule is Cc1cc(C#N)ccc1-c1cc(N=C(c2ccccc2)c2ccccc2)c2cnc(NC(=O)[C@@H]3C[C@H]3C#N)cc2c1. The van der Waals surface area contributed by atoms with Crippen LogP contribution in [0.2, 0.25) is 0 Å². The van der Waals surface area contributed by atoms with Crippen LogP contribution < -0.4 is 5.32 Å². The van der Waals surface area contributed by atoms with Crippen LogP contribution >= 0.6 is 0 Å². The molecule has 4 aromatic carbocycles. The molecule has 1 aromatic heterocycles. The van der Waals surface area contributed by atoms with Gasteiger partial charge in [0.25, 0.3) is 0 Å². The van der Waals surface area contributed by atoms with Gasteiger partial charge < -0.3 is 5.32 Å². The van der Waals surface area contributed by atoms with Crippen molar-refractivity contribution < 1.29 is 4.79 Å². The van der Waals surface area contributed by atoms with E-state index in [0.717, 1.165) is 50.0 Å². The molecule has 6 rings (SSSR count). The van der Waals surface area contributed by atoms with Gasteiger partial charge in [-0.05, 0) is 65.8 Å². The summed E-state index contributed by atoms with van der Waals surface area (Å²) in [6.07, 6.45) is 2.32. The van der Waals surface area contributed by atoms with E-state index in [9.17, 15) is 10.1 Å². The number of aliphatic imine (C=N–C) groups is 1. The van der Waals surface area contributed by atoms with Gasteiger partial charge in [0.1, 0.15) is 5.82 Å². The van der Waals surface area contributed by atoms with Crippen molar-refractivity contribution in [2.24, 2.45) is 16.8 Å². The molecule has 0 aliphatic heterocycles. The van der Waals surface area contributed by atoms with Crippen LogP contribution in [0.15, 0.2) is 108 Å². The van der Waals surface area contributed by atoms with E-state index in [-0.39, 0.29) is 17.7 Å². The third-order valence-corrected chi connectivity index (χ3v) is 7.35. The number of hydrogen-bond acceptors (Lipinski definition) is 5. The van der Waals surface area contributed by atoms with E-state index in [2.05, 4.69) is 28.5 Å². The number of fused-ring (bicyclic) bond motifs is 1. The van der Waals surface area contributed by atoms with Gasteiger partial charge in [0, 0.05) is 22.7 Å². The maximum atomic E-state index is 12.6. The van der Waals surface area contributed by atoms with Gasteiger partial charge in [0.05, 0.1) is 40.9 Å². The zero-order chi connectivity index (χ0) is 28.3. The van der Waals surface area contributed by atoms with Gasteiger partial charge in [-0.25, -0.2) is 9.98 Å². The van der Waals surface area contributed by atoms with Crippen LogP contribution in [0.3, 0.4) is 0 Å². The normalized spacial score (nSPS) is 15.4. The van der Waals surface area contributed by atoms with Crippen LogP contribution in [-0.2, 0) is 4.79 Å². The van der Waals surface area contributed by atoms with Crippen LogP contribution in [0.4, 0.5) is 11.5 Å². The zero-order valence-electron chi connectivity index (χ0n) is 22.4. The standard InChI is InChI=1S/C35H25N5O/c1-22-14-23(19-36)12-13-29(22)26-15-27-18-33(40-35(41)30-16-28(30)20-37)38-21-31(27)32(17-26)39-34(24-8-4-2-5-9-24)25-10-6-3-7-11-25/h2-15,17-18,21,28,30H,16H2,1H3,(H,38,40,41)/t28-,30+/m0/s1. The summed E-state index contributed by atoms with van der Waals surface area (Å²) < 4.78 is 0. The first-order valence-electron chi connectivity index (χ1n) is 13.4. The summed E-state index contributed by atoms with van der Waals surface area (Å²) in [6, 6.07) is 36.1. The number of nitriles is 2. The summed E-state index contributed by atoms with van der Waals surface area (Å²) in [5.74, 6) is -0.265. The Morgan fingerprint density at radius 1 is 0.927 bits per heavy atom. The minimum absolute atomic E-state index is 0.184. The number of nitrogens with one attached hydrogen (secondary N) is 1. The van der Waals surface area contributed by atoms with Gasteiger partial charge in [-0.15, -0.1) is 0 Å². The average molecular weight is 532 g/mol. The van der Waals surface area contributed by atoms with Crippen molar-refractivity contribution in [2.45, 2.75) is 13.3 Å². The number of aromatic nitrogens is 1. The number of hydrogen-bond donors (Lipinski definition) is 1. The second kappa shape index (κ2) is 10.9. The predicted octanol–water partition coefficient (Wildman–Crippen LogP) is 7.35. The lowest BCUT2D eigenvalue weighted by Gasteiger charge is -2.14. The number of nitrogens with zero attached hydrogens (tertiary/aromatic N) is 4. The third-order valence-electron chi connectivity index (χ3n) is 7.35. The highest BCUT2D eigenvalue weighted by atomic mass is 16.2. The summed E-state index contributed by atoms with van der Waals surface area (Å²) in [5, 5.41) is 23.1. The van der Waals surface area contributed by atoms with Crippen molar-refractivity contribution in [3.8, 4) is 23.3 Å². The number of carbonyl (C=O) groups excluding carboxylic acids is 1. The molecule has 2 atom stereocenters. The Balaban J connectivity index is 1.53. The monoisotopic (exact) mass is 531 g/mol. The topological polar surface area (TPSA) is 102 Å². The van der Waals surface area contributed by atoms with Gasteiger partial charge in [0.15, 0.2) is 0 Å². The molecule has 6 heteroatoms. The van der Waals surface area contributed by atoms with E-state index in [0.29, 0.717) is 17.8 Å². The Kier molecular flexibility index (Phi) is 6.81. The Morgan fingerprint density at radius 2 is 1.63 bits per heavy atom. The lowest BCUT2D eigenvalue weighted by atomic mass is 9.95. The van der Waals surface area contributed by atoms with E-state index < -0.39 is 0 Å². The number of carbonyl (C=O) groups is 1. The molecule has 1 heterocycles. The van der Waals surface area contributed by atoms with Gasteiger partial charge >= 0.3 is 0 Å². The van der Waals surface area contributed by atoms with E-state index >= 15 is 0 Å². The molecular weight excluding hydrogens is 506 g/mol. The molecule has 1 aliphatic carbocycles. The summed E-state index contributed by atoms with van der Waals surface area (Å²) in [4.78, 5) is 22.4. The summed E-state index contributed by atoms with van der Waals surface area (Å²) in [6.45, 7) is 1.99. The van der Waals surface area contributed by atoms with Gasteiger partial charge in [-0.3, -0.25) is 4.79 Å². The molecule has 1 saturated carbocycles. The molecule has 0 bridgehead atoms. The molecule has 1 amide bonds. The first-order valence-corrected chi connectivity index (χ1v) is 13.4. The quantitative estimate of drug-likeness (QED) is 0.231. The van der Waals surface area contributed by atoms with Crippen molar-refractivity contribution in [3.05, 3.63) is 126 Å². The van der Waals surface area contributed by atoms with Crippen LogP contribution in [0.1, 0.15) is 28.7 Å². The highest BCUT2D eigenvalue weighted by Crippen LogP contribution is 2.39. The minimum Gasteiger partial charge on any atom is -0.310 e. The van der Waals surface area contributed by atoms with Crippen molar-refractivity contribution >= 4 is 33.9 Å². The van der Waals surface area contributed by atoms with Crippen molar-refractivity contribution in [3.63, 3.8) is 0 Å². The van der Waals surface area contributed by atoms with E-state index in [1.807, 2.05) is 97.9 Å². The Labute approximate surface area is 238 Å². The van der Waals surface area contributed by atoms with Crippen molar-refractivity contribution in [2.75, 3.05) is 5.32 Å². The first kappa shape index (κ1) is 25.7. The van der Waals surface area contributed by atoms with Crippen molar-refractivity contribution in [1.82, 2.24) is 4.98 Å². The van der Waals surface area contributed by atoms with Gasteiger partial charge in [-0.2, -0.15) is 10.5 Å². The fourth-order valence-corrected chi connectivity index (χ4v) is 5.07. The fourth-order valence-electron chi connectivity index (χ4n) is 5.07. The molecule has 0 spiro atoms. The van der Waals surface area contributed by atoms with Crippen LogP contribution in [0.5, 0.6) is 0 Å². The number of rotatable bonds is 6. The fraction of sp³-hybridized carbons (Fsp3) is 0.114. The summed E-state index contributed by atoms with van der Waals surface area (Å²) >= 11 is 0. The molecule has 0 radical (unpaired) electrons. The maximum Gasteiger partial charge on any atom is 0.230 e. The van der Waals surface area contributed by atoms with Crippen LogP contribution in [0, 0.1) is 41.4 Å². The minimum atomic E-state index is -0.287. The Hall–Kier alpha value is -5.59. The summed E-state index contributed by atoms with van der Waals surface area (Å²) in [7, 11) is 0. The second-order valence-corrected chi connectivity index (χ2v) is 10.2. The van der Waals surface area contributed by atoms with Crippen LogP contribution in [-0.4, -0.2) is 16.6 Å². The van der Waals surface area contributed by atoms with Gasteiger partial charge in [0.2, 0.25) is 5.91 Å². The highest BCUT2D eigenvalue weighted by Gasteiger charge is 2.43. The molecule has 0 unspecified atom stereocenters. The number of aryl methyl sites for hydroxylation is 1. The molecule has 41 heavy (non-hydrogen) atoms. The molecule has 6 nitrogen and oxygen atoms in total. The van der Waals surface area contributed by atoms with Crippen LogP contribution in [0.25, 0.3) is 21.9 Å². The average Bonchev–Trinajstić information content (AvgIpc) is 3.81. The van der Waals surface area contributed by atoms with E-state index in [1.54, 1.807) is 6.20 Å². The third kappa shape index (κ3) is 5.32. The number of amides is 1. The van der Waals surface area contributed by atoms with E-state index in [4.69, 9.17) is 10.3 Å². The predicted molar refractivity (Wildman–Crippen MR) is 161 cm³/mol. The first-order chi connectivity index (χ1) is 20.0. The molecular formula is C35H25N5O. The van der Waals surface area contributed by atoms with E-state index in [1.165, 1.54) is 0 Å².